The van der Waals surface area contributed by atoms with E-state index in [1.807, 2.05) is 13.0 Å². The zero-order valence-electron chi connectivity index (χ0n) is 10.6. The van der Waals surface area contributed by atoms with Gasteiger partial charge in [-0.25, -0.2) is 14.4 Å². The van der Waals surface area contributed by atoms with Crippen LogP contribution in [0.1, 0.15) is 24.0 Å². The molecule has 0 aliphatic heterocycles. The minimum atomic E-state index is -0.412. The summed E-state index contributed by atoms with van der Waals surface area (Å²) in [6, 6.07) is 6.77. The summed E-state index contributed by atoms with van der Waals surface area (Å²) < 4.78 is 13.8. The van der Waals surface area contributed by atoms with Crippen LogP contribution < -0.4 is 5.73 Å². The van der Waals surface area contributed by atoms with Crippen LogP contribution in [0.15, 0.2) is 30.5 Å². The molecule has 3 nitrogen and oxygen atoms in total. The molecule has 0 fully saturated rings. The van der Waals surface area contributed by atoms with E-state index in [-0.39, 0.29) is 11.1 Å². The van der Waals surface area contributed by atoms with E-state index in [4.69, 9.17) is 17.3 Å². The summed E-state index contributed by atoms with van der Waals surface area (Å²) >= 11 is 5.75. The topological polar surface area (TPSA) is 51.8 Å². The van der Waals surface area contributed by atoms with Gasteiger partial charge in [0.15, 0.2) is 0 Å². The number of aromatic nitrogens is 2. The van der Waals surface area contributed by atoms with Crippen LogP contribution in [0.5, 0.6) is 0 Å². The second-order valence-corrected chi connectivity index (χ2v) is 4.94. The Hall–Kier alpha value is -1.52. The first-order chi connectivity index (χ1) is 9.06. The first kappa shape index (κ1) is 13.9. The Morgan fingerprint density at radius 3 is 2.89 bits per heavy atom. The van der Waals surface area contributed by atoms with Gasteiger partial charge in [0.2, 0.25) is 0 Å². The van der Waals surface area contributed by atoms with Crippen molar-refractivity contribution in [3.63, 3.8) is 0 Å². The fourth-order valence-corrected chi connectivity index (χ4v) is 2.02. The summed E-state index contributed by atoms with van der Waals surface area (Å²) in [4.78, 5) is 8.53. The predicted octanol–water partition coefficient (Wildman–Crippen LogP) is 2.75. The Balaban J connectivity index is 2.21. The van der Waals surface area contributed by atoms with Crippen molar-refractivity contribution >= 4 is 11.6 Å². The summed E-state index contributed by atoms with van der Waals surface area (Å²) in [5.41, 5.74) is 7.09. The molecule has 100 valence electrons. The van der Waals surface area contributed by atoms with Crippen LogP contribution in [0.25, 0.3) is 0 Å². The highest BCUT2D eigenvalue weighted by Gasteiger charge is 2.09. The molecule has 1 aromatic carbocycles. The molecule has 0 bridgehead atoms. The summed E-state index contributed by atoms with van der Waals surface area (Å²) in [6.45, 7) is 1.92. The molecule has 0 saturated carbocycles. The van der Waals surface area contributed by atoms with E-state index >= 15 is 0 Å². The highest BCUT2D eigenvalue weighted by molar-refractivity contribution is 6.30. The number of halogens is 2. The molecular weight excluding hydrogens is 265 g/mol. The molecule has 1 aromatic heterocycles. The van der Waals surface area contributed by atoms with Gasteiger partial charge < -0.3 is 5.73 Å². The largest absolute Gasteiger partial charge is 0.328 e. The Bertz CT molecular complexity index is 572. The van der Waals surface area contributed by atoms with Crippen LogP contribution in [0.3, 0.4) is 0 Å². The third-order valence-electron chi connectivity index (χ3n) is 2.67. The van der Waals surface area contributed by atoms with E-state index in [1.165, 1.54) is 6.07 Å². The molecular formula is C14H15ClFN3. The van der Waals surface area contributed by atoms with Gasteiger partial charge in [-0.05, 0) is 24.6 Å². The normalized spacial score (nSPS) is 12.4. The molecule has 0 spiro atoms. The van der Waals surface area contributed by atoms with E-state index in [1.54, 1.807) is 18.3 Å². The molecule has 0 aliphatic carbocycles. The maximum Gasteiger partial charge on any atom is 0.145 e. The van der Waals surface area contributed by atoms with Gasteiger partial charge in [0.25, 0.3) is 0 Å². The fourth-order valence-electron chi connectivity index (χ4n) is 1.83. The van der Waals surface area contributed by atoms with Crippen LogP contribution in [0.2, 0.25) is 5.02 Å². The Morgan fingerprint density at radius 2 is 2.16 bits per heavy atom. The van der Waals surface area contributed by atoms with Gasteiger partial charge in [0.05, 0.1) is 5.02 Å². The summed E-state index contributed by atoms with van der Waals surface area (Å²) in [5.74, 6) is 0.157. The maximum atomic E-state index is 13.8. The lowest BCUT2D eigenvalue weighted by Gasteiger charge is -2.07. The molecule has 5 heteroatoms. The van der Waals surface area contributed by atoms with Crippen LogP contribution in [-0.4, -0.2) is 16.0 Å². The molecule has 0 radical (unpaired) electrons. The van der Waals surface area contributed by atoms with Crippen LogP contribution in [0.4, 0.5) is 4.39 Å². The van der Waals surface area contributed by atoms with Crippen molar-refractivity contribution < 1.29 is 4.39 Å². The SMILES string of the molecule is CC(N)Cc1ccnc(Cc2cccc(Cl)c2F)n1. The lowest BCUT2D eigenvalue weighted by molar-refractivity contribution is 0.612. The summed E-state index contributed by atoms with van der Waals surface area (Å²) in [7, 11) is 0. The maximum absolute atomic E-state index is 13.8. The Labute approximate surface area is 116 Å². The number of nitrogens with zero attached hydrogens (tertiary/aromatic N) is 2. The molecule has 2 N–H and O–H groups in total. The first-order valence-electron chi connectivity index (χ1n) is 6.05. The fraction of sp³-hybridized carbons (Fsp3) is 0.286. The molecule has 1 unspecified atom stereocenters. The average molecular weight is 280 g/mol. The summed E-state index contributed by atoms with van der Waals surface area (Å²) in [6.07, 6.45) is 2.66. The van der Waals surface area contributed by atoms with Crippen molar-refractivity contribution in [2.45, 2.75) is 25.8 Å². The minimum absolute atomic E-state index is 0.0330. The van der Waals surface area contributed by atoms with Crippen molar-refractivity contribution in [3.05, 3.63) is 58.4 Å². The van der Waals surface area contributed by atoms with Crippen molar-refractivity contribution in [2.24, 2.45) is 5.73 Å². The Morgan fingerprint density at radius 1 is 1.37 bits per heavy atom. The molecule has 0 amide bonds. The molecule has 19 heavy (non-hydrogen) atoms. The highest BCUT2D eigenvalue weighted by atomic mass is 35.5. The Kier molecular flexibility index (Phi) is 4.45. The smallest absolute Gasteiger partial charge is 0.145 e. The van der Waals surface area contributed by atoms with E-state index in [0.717, 1.165) is 5.69 Å². The number of nitrogens with two attached hydrogens (primary N) is 1. The average Bonchev–Trinajstić information content (AvgIpc) is 2.35. The van der Waals surface area contributed by atoms with Gasteiger partial charge >= 0.3 is 0 Å². The third kappa shape index (κ3) is 3.72. The number of rotatable bonds is 4. The molecule has 1 atom stereocenters. The van der Waals surface area contributed by atoms with E-state index < -0.39 is 5.82 Å². The second kappa shape index (κ2) is 6.08. The molecule has 2 aromatic rings. The van der Waals surface area contributed by atoms with Gasteiger partial charge in [-0.3, -0.25) is 0 Å². The van der Waals surface area contributed by atoms with Gasteiger partial charge in [0.1, 0.15) is 11.6 Å². The van der Waals surface area contributed by atoms with Gasteiger partial charge in [-0.15, -0.1) is 0 Å². The van der Waals surface area contributed by atoms with Gasteiger partial charge in [-0.2, -0.15) is 0 Å². The standard InChI is InChI=1S/C14H15ClFN3/c1-9(17)7-11-5-6-18-13(19-11)8-10-3-2-4-12(15)14(10)16/h2-6,9H,7-8,17H2,1H3. The minimum Gasteiger partial charge on any atom is -0.328 e. The molecule has 1 heterocycles. The third-order valence-corrected chi connectivity index (χ3v) is 2.97. The highest BCUT2D eigenvalue weighted by Crippen LogP contribution is 2.19. The molecule has 0 saturated heterocycles. The monoisotopic (exact) mass is 279 g/mol. The first-order valence-corrected chi connectivity index (χ1v) is 6.43. The molecule has 0 aliphatic rings. The zero-order chi connectivity index (χ0) is 13.8. The van der Waals surface area contributed by atoms with E-state index in [2.05, 4.69) is 9.97 Å². The van der Waals surface area contributed by atoms with E-state index in [9.17, 15) is 4.39 Å². The van der Waals surface area contributed by atoms with Crippen molar-refractivity contribution in [3.8, 4) is 0 Å². The van der Waals surface area contributed by atoms with Gasteiger partial charge in [0, 0.05) is 30.8 Å². The lowest BCUT2D eigenvalue weighted by Crippen LogP contribution is -2.19. The quantitative estimate of drug-likeness (QED) is 0.936. The van der Waals surface area contributed by atoms with E-state index in [0.29, 0.717) is 24.2 Å². The van der Waals surface area contributed by atoms with Crippen molar-refractivity contribution in [2.75, 3.05) is 0 Å². The predicted molar refractivity (Wildman–Crippen MR) is 73.6 cm³/mol. The number of hydrogen-bond donors (Lipinski definition) is 1. The van der Waals surface area contributed by atoms with Crippen LogP contribution >= 0.6 is 11.6 Å². The van der Waals surface area contributed by atoms with Crippen LogP contribution in [-0.2, 0) is 12.8 Å². The number of benzene rings is 1. The van der Waals surface area contributed by atoms with Crippen LogP contribution in [0, 0.1) is 5.82 Å². The molecule has 2 rings (SSSR count). The summed E-state index contributed by atoms with van der Waals surface area (Å²) in [5, 5.41) is 0.115. The zero-order valence-corrected chi connectivity index (χ0v) is 11.4. The van der Waals surface area contributed by atoms with Crippen molar-refractivity contribution in [1.29, 1.82) is 0 Å². The van der Waals surface area contributed by atoms with Crippen molar-refractivity contribution in [1.82, 2.24) is 9.97 Å². The lowest BCUT2D eigenvalue weighted by atomic mass is 10.1. The van der Waals surface area contributed by atoms with Gasteiger partial charge in [-0.1, -0.05) is 23.7 Å². The second-order valence-electron chi connectivity index (χ2n) is 4.54. The number of hydrogen-bond acceptors (Lipinski definition) is 3.